The summed E-state index contributed by atoms with van der Waals surface area (Å²) in [5, 5.41) is 13.3. The Morgan fingerprint density at radius 3 is 2.74 bits per heavy atom. The Labute approximate surface area is 141 Å². The van der Waals surface area contributed by atoms with Crippen molar-refractivity contribution in [2.75, 3.05) is 5.32 Å². The van der Waals surface area contributed by atoms with E-state index in [0.717, 1.165) is 41.8 Å². The maximum absolute atomic E-state index is 12.7. The zero-order valence-corrected chi connectivity index (χ0v) is 14.1. The number of aryl methyl sites for hydroxylation is 1. The number of thiophene rings is 1. The van der Waals surface area contributed by atoms with E-state index in [4.69, 9.17) is 0 Å². The van der Waals surface area contributed by atoms with Gasteiger partial charge < -0.3 is 5.32 Å². The topological polar surface area (TPSA) is 52.9 Å². The number of nitrogens with zero attached hydrogens (tertiary/aromatic N) is 1. The molecular weight excluding hydrogens is 304 g/mol. The van der Waals surface area contributed by atoms with E-state index in [1.54, 1.807) is 11.3 Å². The number of benzene rings is 1. The Morgan fingerprint density at radius 1 is 1.30 bits per heavy atom. The largest absolute Gasteiger partial charge is 0.316 e. The molecule has 1 N–H and O–H groups in total. The third kappa shape index (κ3) is 3.16. The fourth-order valence-corrected chi connectivity index (χ4v) is 4.47. The van der Waals surface area contributed by atoms with E-state index in [9.17, 15) is 10.1 Å². The van der Waals surface area contributed by atoms with Crippen LogP contribution in [0.15, 0.2) is 30.3 Å². The molecule has 1 heterocycles. The molecule has 0 fully saturated rings. The normalized spacial score (nSPS) is 14.6. The van der Waals surface area contributed by atoms with Crippen molar-refractivity contribution in [1.29, 1.82) is 5.26 Å². The lowest BCUT2D eigenvalue weighted by atomic mass is 9.95. The van der Waals surface area contributed by atoms with Gasteiger partial charge in [-0.2, -0.15) is 5.26 Å². The highest BCUT2D eigenvalue weighted by Gasteiger charge is 2.24. The minimum atomic E-state index is -0.179. The van der Waals surface area contributed by atoms with Crippen LogP contribution < -0.4 is 5.32 Å². The van der Waals surface area contributed by atoms with Crippen LogP contribution in [0.1, 0.15) is 53.7 Å². The first-order valence-electron chi connectivity index (χ1n) is 8.15. The molecule has 1 aromatic carbocycles. The van der Waals surface area contributed by atoms with E-state index in [1.165, 1.54) is 11.3 Å². The van der Waals surface area contributed by atoms with E-state index < -0.39 is 0 Å². The molecule has 0 saturated carbocycles. The SMILES string of the molecule is CCC(C(=O)Nc1sc2c(c1C#N)CCCC2)c1ccccc1. The third-order valence-corrected chi connectivity index (χ3v) is 5.65. The number of anilines is 1. The van der Waals surface area contributed by atoms with Gasteiger partial charge in [-0.05, 0) is 43.2 Å². The standard InChI is InChI=1S/C19H20N2OS/c1-2-14(13-8-4-3-5-9-13)18(22)21-19-16(12-20)15-10-6-7-11-17(15)23-19/h3-5,8-9,14H,2,6-7,10-11H2,1H3,(H,21,22). The van der Waals surface area contributed by atoms with Crippen LogP contribution in [0.3, 0.4) is 0 Å². The predicted molar refractivity (Wildman–Crippen MR) is 93.8 cm³/mol. The molecule has 0 saturated heterocycles. The molecule has 0 aliphatic heterocycles. The van der Waals surface area contributed by atoms with E-state index >= 15 is 0 Å². The minimum Gasteiger partial charge on any atom is -0.316 e. The van der Waals surface area contributed by atoms with Crippen LogP contribution in [0, 0.1) is 11.3 Å². The summed E-state index contributed by atoms with van der Waals surface area (Å²) >= 11 is 1.58. The highest BCUT2D eigenvalue weighted by molar-refractivity contribution is 7.16. The van der Waals surface area contributed by atoms with Crippen LogP contribution >= 0.6 is 11.3 Å². The van der Waals surface area contributed by atoms with E-state index in [2.05, 4.69) is 11.4 Å². The van der Waals surface area contributed by atoms with Crippen LogP contribution in [-0.2, 0) is 17.6 Å². The summed E-state index contributed by atoms with van der Waals surface area (Å²) in [5.41, 5.74) is 2.86. The number of carbonyl (C=O) groups excluding carboxylic acids is 1. The Bertz CT molecular complexity index is 743. The maximum atomic E-state index is 12.7. The zero-order chi connectivity index (χ0) is 16.2. The van der Waals surface area contributed by atoms with Crippen molar-refractivity contribution < 1.29 is 4.79 Å². The Hall–Kier alpha value is -2.12. The first-order valence-corrected chi connectivity index (χ1v) is 8.96. The summed E-state index contributed by atoms with van der Waals surface area (Å²) in [5.74, 6) is -0.198. The molecule has 1 amide bonds. The molecular formula is C19H20N2OS. The smallest absolute Gasteiger partial charge is 0.232 e. The molecule has 0 radical (unpaired) electrons. The van der Waals surface area contributed by atoms with E-state index in [0.29, 0.717) is 5.56 Å². The van der Waals surface area contributed by atoms with Crippen molar-refractivity contribution in [3.63, 3.8) is 0 Å². The molecule has 23 heavy (non-hydrogen) atoms. The second-order valence-electron chi connectivity index (χ2n) is 5.89. The molecule has 2 aromatic rings. The summed E-state index contributed by atoms with van der Waals surface area (Å²) in [6, 6.07) is 12.1. The lowest BCUT2D eigenvalue weighted by Gasteiger charge is -2.14. The van der Waals surface area contributed by atoms with Crippen molar-refractivity contribution in [1.82, 2.24) is 0 Å². The molecule has 1 aliphatic rings. The first kappa shape index (κ1) is 15.8. The highest BCUT2D eigenvalue weighted by atomic mass is 32.1. The van der Waals surface area contributed by atoms with Gasteiger partial charge in [0.2, 0.25) is 5.91 Å². The van der Waals surface area contributed by atoms with E-state index in [-0.39, 0.29) is 11.8 Å². The number of nitriles is 1. The lowest BCUT2D eigenvalue weighted by Crippen LogP contribution is -2.20. The number of amides is 1. The summed E-state index contributed by atoms with van der Waals surface area (Å²) in [4.78, 5) is 14.0. The average Bonchev–Trinajstić information content (AvgIpc) is 2.93. The number of hydrogen-bond donors (Lipinski definition) is 1. The summed E-state index contributed by atoms with van der Waals surface area (Å²) in [7, 11) is 0. The van der Waals surface area contributed by atoms with Crippen molar-refractivity contribution in [3.05, 3.63) is 51.9 Å². The van der Waals surface area contributed by atoms with E-state index in [1.807, 2.05) is 37.3 Å². The van der Waals surface area contributed by atoms with Crippen LogP contribution in [0.25, 0.3) is 0 Å². The number of rotatable bonds is 4. The molecule has 3 rings (SSSR count). The number of hydrogen-bond acceptors (Lipinski definition) is 3. The average molecular weight is 324 g/mol. The molecule has 1 aliphatic carbocycles. The summed E-state index contributed by atoms with van der Waals surface area (Å²) in [6.07, 6.45) is 5.03. The van der Waals surface area contributed by atoms with Crippen LogP contribution in [-0.4, -0.2) is 5.91 Å². The molecule has 118 valence electrons. The molecule has 0 bridgehead atoms. The van der Waals surface area contributed by atoms with Gasteiger partial charge in [-0.25, -0.2) is 0 Å². The van der Waals surface area contributed by atoms with Crippen LogP contribution in [0.5, 0.6) is 0 Å². The minimum absolute atomic E-state index is 0.0196. The van der Waals surface area contributed by atoms with Crippen molar-refractivity contribution >= 4 is 22.2 Å². The van der Waals surface area contributed by atoms with Crippen LogP contribution in [0.2, 0.25) is 0 Å². The summed E-state index contributed by atoms with van der Waals surface area (Å²) < 4.78 is 0. The lowest BCUT2D eigenvalue weighted by molar-refractivity contribution is -0.117. The summed E-state index contributed by atoms with van der Waals surface area (Å²) in [6.45, 7) is 2.02. The van der Waals surface area contributed by atoms with Crippen molar-refractivity contribution in [2.45, 2.75) is 44.9 Å². The predicted octanol–water partition coefficient (Wildman–Crippen LogP) is 4.63. The Morgan fingerprint density at radius 2 is 2.04 bits per heavy atom. The molecule has 0 spiro atoms. The fourth-order valence-electron chi connectivity index (χ4n) is 3.23. The van der Waals surface area contributed by atoms with Gasteiger partial charge in [0.25, 0.3) is 0 Å². The fraction of sp³-hybridized carbons (Fsp3) is 0.368. The number of carbonyl (C=O) groups is 1. The van der Waals surface area contributed by atoms with Crippen LogP contribution in [0.4, 0.5) is 5.00 Å². The van der Waals surface area contributed by atoms with Gasteiger partial charge in [0.1, 0.15) is 11.1 Å². The highest BCUT2D eigenvalue weighted by Crippen LogP contribution is 2.38. The van der Waals surface area contributed by atoms with Gasteiger partial charge in [-0.1, -0.05) is 37.3 Å². The molecule has 1 aromatic heterocycles. The van der Waals surface area contributed by atoms with Gasteiger partial charge in [0.05, 0.1) is 11.5 Å². The molecule has 4 heteroatoms. The van der Waals surface area contributed by atoms with Crippen molar-refractivity contribution in [2.24, 2.45) is 0 Å². The molecule has 1 atom stereocenters. The van der Waals surface area contributed by atoms with Gasteiger partial charge in [-0.3, -0.25) is 4.79 Å². The monoisotopic (exact) mass is 324 g/mol. The first-order chi connectivity index (χ1) is 11.2. The molecule has 3 nitrogen and oxygen atoms in total. The quantitative estimate of drug-likeness (QED) is 0.891. The number of nitrogens with one attached hydrogen (secondary N) is 1. The van der Waals surface area contributed by atoms with Gasteiger partial charge in [-0.15, -0.1) is 11.3 Å². The van der Waals surface area contributed by atoms with Gasteiger partial charge in [0, 0.05) is 4.88 Å². The third-order valence-electron chi connectivity index (χ3n) is 4.45. The maximum Gasteiger partial charge on any atom is 0.232 e. The Balaban J connectivity index is 1.85. The number of fused-ring (bicyclic) bond motifs is 1. The molecule has 1 unspecified atom stereocenters. The second-order valence-corrected chi connectivity index (χ2v) is 6.99. The zero-order valence-electron chi connectivity index (χ0n) is 13.3. The Kier molecular flexibility index (Phi) is 4.78. The van der Waals surface area contributed by atoms with Gasteiger partial charge >= 0.3 is 0 Å². The second kappa shape index (κ2) is 6.97. The van der Waals surface area contributed by atoms with Crippen molar-refractivity contribution in [3.8, 4) is 6.07 Å². The van der Waals surface area contributed by atoms with Gasteiger partial charge in [0.15, 0.2) is 0 Å².